The molecule has 5 rings (SSSR count). The Morgan fingerprint density at radius 3 is 2.25 bits per heavy atom. The van der Waals surface area contributed by atoms with Gasteiger partial charge in [-0.1, -0.05) is 29.8 Å². The molecule has 0 bridgehead atoms. The van der Waals surface area contributed by atoms with Gasteiger partial charge in [-0.3, -0.25) is 9.10 Å². The summed E-state index contributed by atoms with van der Waals surface area (Å²) in [6, 6.07) is 15.1. The van der Waals surface area contributed by atoms with Crippen LogP contribution >= 0.6 is 22.9 Å². The first kappa shape index (κ1) is 32.2. The first-order chi connectivity index (χ1) is 20.9. The van der Waals surface area contributed by atoms with E-state index in [-0.39, 0.29) is 38.5 Å². The highest BCUT2D eigenvalue weighted by molar-refractivity contribution is 7.92. The van der Waals surface area contributed by atoms with Gasteiger partial charge in [-0.25, -0.2) is 17.2 Å². The molecule has 7 nitrogen and oxygen atoms in total. The minimum absolute atomic E-state index is 0.0155. The van der Waals surface area contributed by atoms with Crippen molar-refractivity contribution in [3.63, 3.8) is 0 Å². The topological polar surface area (TPSA) is 78.9 Å². The molecule has 1 fully saturated rings. The van der Waals surface area contributed by atoms with E-state index in [9.17, 15) is 22.0 Å². The number of nitrogens with zero attached hydrogens (tertiary/aromatic N) is 2. The van der Waals surface area contributed by atoms with Crippen LogP contribution in [-0.2, 0) is 16.6 Å². The molecule has 0 atom stereocenters. The molecule has 1 aromatic heterocycles. The fourth-order valence-electron chi connectivity index (χ4n) is 5.73. The Morgan fingerprint density at radius 1 is 1.02 bits per heavy atom. The Bertz CT molecular complexity index is 1790. The van der Waals surface area contributed by atoms with Gasteiger partial charge >= 0.3 is 0 Å². The maximum absolute atomic E-state index is 14.7. The molecule has 234 valence electrons. The number of carbonyl (C=O) groups is 1. The van der Waals surface area contributed by atoms with Gasteiger partial charge in [0.05, 0.1) is 34.2 Å². The standard InChI is InChI=1S/C32H34ClF2N3O4S2/c1-36-22-8-12-24(13-9-22)38(32(39)31-29(33)28-25(34)14-15-26(35)30(28)43-31)18-21-17-20(7-16-27(21)42-3)19-5-10-23(11-6-19)37(2)44(4,40)41/h5-7,10-11,14-17,22,24,36H,8-9,12-13,18H2,1-4H3/t22-,24+. The molecule has 0 radical (unpaired) electrons. The number of fused-ring (bicyclic) bond motifs is 1. The second-order valence-corrected chi connectivity index (χ2v) is 14.4. The van der Waals surface area contributed by atoms with Crippen molar-refractivity contribution in [1.82, 2.24) is 10.2 Å². The molecule has 0 unspecified atom stereocenters. The fourth-order valence-corrected chi connectivity index (χ4v) is 7.74. The second kappa shape index (κ2) is 13.0. The summed E-state index contributed by atoms with van der Waals surface area (Å²) >= 11 is 7.44. The first-order valence-corrected chi connectivity index (χ1v) is 17.2. The summed E-state index contributed by atoms with van der Waals surface area (Å²) in [4.78, 5) is 16.1. The van der Waals surface area contributed by atoms with Crippen LogP contribution in [-0.4, -0.2) is 58.8 Å². The van der Waals surface area contributed by atoms with Crippen LogP contribution in [0.1, 0.15) is 40.9 Å². The van der Waals surface area contributed by atoms with Crippen LogP contribution in [0.2, 0.25) is 5.02 Å². The number of amides is 1. The number of ether oxygens (including phenoxy) is 1. The average molecular weight is 662 g/mol. The van der Waals surface area contributed by atoms with Crippen molar-refractivity contribution in [3.05, 3.63) is 81.7 Å². The summed E-state index contributed by atoms with van der Waals surface area (Å²) in [5.41, 5.74) is 2.99. The summed E-state index contributed by atoms with van der Waals surface area (Å²) in [5.74, 6) is -1.10. The van der Waals surface area contributed by atoms with Crippen molar-refractivity contribution in [2.24, 2.45) is 0 Å². The minimum Gasteiger partial charge on any atom is -0.496 e. The Kier molecular flexibility index (Phi) is 9.50. The van der Waals surface area contributed by atoms with E-state index in [4.69, 9.17) is 16.3 Å². The molecule has 1 aliphatic rings. The predicted molar refractivity (Wildman–Crippen MR) is 173 cm³/mol. The lowest BCUT2D eigenvalue weighted by Gasteiger charge is -2.37. The van der Waals surface area contributed by atoms with Gasteiger partial charge in [-0.2, -0.15) is 0 Å². The van der Waals surface area contributed by atoms with Crippen molar-refractivity contribution in [1.29, 1.82) is 0 Å². The summed E-state index contributed by atoms with van der Waals surface area (Å²) in [5, 5.41) is 3.15. The molecule has 1 N–H and O–H groups in total. The number of carbonyl (C=O) groups excluding carboxylic acids is 1. The van der Waals surface area contributed by atoms with Gasteiger partial charge < -0.3 is 15.0 Å². The van der Waals surface area contributed by atoms with Gasteiger partial charge in [0.2, 0.25) is 10.0 Å². The van der Waals surface area contributed by atoms with Crippen LogP contribution in [0, 0.1) is 11.6 Å². The van der Waals surface area contributed by atoms with E-state index in [1.807, 2.05) is 37.4 Å². The van der Waals surface area contributed by atoms with E-state index in [2.05, 4.69) is 5.32 Å². The van der Waals surface area contributed by atoms with Crippen LogP contribution in [0.25, 0.3) is 21.2 Å². The van der Waals surface area contributed by atoms with E-state index >= 15 is 0 Å². The largest absolute Gasteiger partial charge is 0.496 e. The lowest BCUT2D eigenvalue weighted by molar-refractivity contribution is 0.0604. The lowest BCUT2D eigenvalue weighted by atomic mass is 9.89. The first-order valence-electron chi connectivity index (χ1n) is 14.2. The number of halogens is 3. The third-order valence-electron chi connectivity index (χ3n) is 8.37. The molecule has 0 spiro atoms. The minimum atomic E-state index is -3.40. The third-order valence-corrected chi connectivity index (χ3v) is 11.2. The maximum Gasteiger partial charge on any atom is 0.266 e. The third kappa shape index (κ3) is 6.42. The lowest BCUT2D eigenvalue weighted by Crippen LogP contribution is -2.44. The molecule has 1 heterocycles. The van der Waals surface area contributed by atoms with E-state index < -0.39 is 21.7 Å². The zero-order valence-corrected chi connectivity index (χ0v) is 27.3. The summed E-state index contributed by atoms with van der Waals surface area (Å²) < 4.78 is 60.2. The smallest absolute Gasteiger partial charge is 0.266 e. The van der Waals surface area contributed by atoms with E-state index in [0.717, 1.165) is 72.1 Å². The normalized spacial score (nSPS) is 17.1. The number of benzene rings is 3. The summed E-state index contributed by atoms with van der Waals surface area (Å²) in [6.07, 6.45) is 4.40. The zero-order valence-electron chi connectivity index (χ0n) is 24.9. The molecule has 0 aliphatic heterocycles. The number of sulfonamides is 1. The highest BCUT2D eigenvalue weighted by atomic mass is 35.5. The van der Waals surface area contributed by atoms with Gasteiger partial charge in [0.25, 0.3) is 5.91 Å². The highest BCUT2D eigenvalue weighted by Gasteiger charge is 2.33. The molecular formula is C32H34ClF2N3O4S2. The molecule has 12 heteroatoms. The van der Waals surface area contributed by atoms with Crippen molar-refractivity contribution in [2.45, 2.75) is 44.3 Å². The molecule has 44 heavy (non-hydrogen) atoms. The fraction of sp³-hybridized carbons (Fsp3) is 0.344. The molecular weight excluding hydrogens is 628 g/mol. The SMILES string of the molecule is CN[C@H]1CC[C@@H](N(Cc2cc(-c3ccc(N(C)S(C)(=O)=O)cc3)ccc2OC)C(=O)c2sc3c(F)ccc(F)c3c2Cl)CC1. The number of rotatable bonds is 9. The zero-order chi connectivity index (χ0) is 31.8. The number of hydrogen-bond acceptors (Lipinski definition) is 6. The van der Waals surface area contributed by atoms with Gasteiger partial charge in [0.15, 0.2) is 0 Å². The van der Waals surface area contributed by atoms with Crippen LogP contribution in [0.4, 0.5) is 14.5 Å². The molecule has 0 saturated heterocycles. The van der Waals surface area contributed by atoms with E-state index in [0.29, 0.717) is 17.5 Å². The Hall–Kier alpha value is -3.25. The number of thiophene rings is 1. The maximum atomic E-state index is 14.7. The molecule has 1 aliphatic carbocycles. The Morgan fingerprint density at radius 2 is 1.66 bits per heavy atom. The van der Waals surface area contributed by atoms with Crippen molar-refractivity contribution in [3.8, 4) is 16.9 Å². The van der Waals surface area contributed by atoms with Crippen molar-refractivity contribution in [2.75, 3.05) is 31.8 Å². The predicted octanol–water partition coefficient (Wildman–Crippen LogP) is 7.08. The monoisotopic (exact) mass is 661 g/mol. The number of nitrogens with one attached hydrogen (secondary N) is 1. The highest BCUT2D eigenvalue weighted by Crippen LogP contribution is 2.40. The number of hydrogen-bond donors (Lipinski definition) is 1. The molecule has 1 saturated carbocycles. The van der Waals surface area contributed by atoms with Crippen molar-refractivity contribution >= 4 is 54.6 Å². The van der Waals surface area contributed by atoms with Gasteiger partial charge in [0, 0.05) is 31.2 Å². The van der Waals surface area contributed by atoms with Crippen LogP contribution in [0.15, 0.2) is 54.6 Å². The van der Waals surface area contributed by atoms with Crippen LogP contribution in [0.3, 0.4) is 0 Å². The van der Waals surface area contributed by atoms with Gasteiger partial charge in [-0.15, -0.1) is 11.3 Å². The quantitative estimate of drug-likeness (QED) is 0.208. The van der Waals surface area contributed by atoms with Crippen LogP contribution < -0.4 is 14.4 Å². The van der Waals surface area contributed by atoms with E-state index in [1.165, 1.54) is 11.4 Å². The summed E-state index contributed by atoms with van der Waals surface area (Å²) in [7, 11) is 1.59. The molecule has 4 aromatic rings. The average Bonchev–Trinajstić information content (AvgIpc) is 3.38. The second-order valence-electron chi connectivity index (χ2n) is 11.0. The van der Waals surface area contributed by atoms with Crippen molar-refractivity contribution < 1.29 is 26.7 Å². The number of methoxy groups -OCH3 is 1. The van der Waals surface area contributed by atoms with E-state index in [1.54, 1.807) is 24.1 Å². The summed E-state index contributed by atoms with van der Waals surface area (Å²) in [6.45, 7) is 0.190. The van der Waals surface area contributed by atoms with Gasteiger partial charge in [0.1, 0.15) is 22.3 Å². The van der Waals surface area contributed by atoms with Crippen LogP contribution in [0.5, 0.6) is 5.75 Å². The molecule has 1 amide bonds. The number of anilines is 1. The molecule has 3 aromatic carbocycles. The Labute approximate surface area is 265 Å². The van der Waals surface area contributed by atoms with Gasteiger partial charge in [-0.05, 0) is 80.3 Å². The Balaban J connectivity index is 1.53.